The zero-order chi connectivity index (χ0) is 14.6. The first kappa shape index (κ1) is 16.3. The second kappa shape index (κ2) is 6.81. The van der Waals surface area contributed by atoms with Gasteiger partial charge in [-0.15, -0.1) is 0 Å². The smallest absolute Gasteiger partial charge is 0.0840 e. The van der Waals surface area contributed by atoms with Gasteiger partial charge in [0.05, 0.1) is 27.7 Å². The van der Waals surface area contributed by atoms with Gasteiger partial charge in [0.15, 0.2) is 0 Å². The molecule has 0 bridgehead atoms. The molecule has 0 aliphatic heterocycles. The quantitative estimate of drug-likeness (QED) is 0.489. The molecule has 0 amide bonds. The fourth-order valence-electron chi connectivity index (χ4n) is 5.14. The lowest BCUT2D eigenvalue weighted by atomic mass is 9.66. The highest BCUT2D eigenvalue weighted by atomic mass is 15.3. The summed E-state index contributed by atoms with van der Waals surface area (Å²) in [7, 11) is 7.23. The van der Waals surface area contributed by atoms with Crippen LogP contribution in [0.3, 0.4) is 0 Å². The van der Waals surface area contributed by atoms with E-state index in [1.54, 1.807) is 0 Å². The van der Waals surface area contributed by atoms with E-state index in [0.717, 1.165) is 16.3 Å². The van der Waals surface area contributed by atoms with Crippen LogP contribution in [0, 0.1) is 17.3 Å². The highest BCUT2D eigenvalue weighted by molar-refractivity contribution is 4.90. The maximum atomic E-state index is 2.48. The zero-order valence-corrected chi connectivity index (χ0v) is 14.6. The van der Waals surface area contributed by atoms with E-state index in [2.05, 4.69) is 28.1 Å². The molecule has 118 valence electrons. The van der Waals surface area contributed by atoms with E-state index in [1.165, 1.54) is 77.2 Å². The standard InChI is InChI=1S/C19H38N/c1-17-10-9-14-19(15-13-17,16-20(2,3)4)18-11-7-5-6-8-12-18/h17-18H,5-16H2,1-4H3/q+1. The van der Waals surface area contributed by atoms with Gasteiger partial charge in [-0.25, -0.2) is 0 Å². The molecule has 2 aliphatic carbocycles. The summed E-state index contributed by atoms with van der Waals surface area (Å²) in [6, 6.07) is 0. The van der Waals surface area contributed by atoms with Gasteiger partial charge in [-0.3, -0.25) is 0 Å². The number of hydrogen-bond donors (Lipinski definition) is 0. The fraction of sp³-hybridized carbons (Fsp3) is 1.00. The predicted octanol–water partition coefficient (Wildman–Crippen LogP) is 5.25. The minimum Gasteiger partial charge on any atom is -0.330 e. The van der Waals surface area contributed by atoms with Crippen LogP contribution < -0.4 is 0 Å². The van der Waals surface area contributed by atoms with Gasteiger partial charge in [0.1, 0.15) is 0 Å². The molecule has 0 aromatic rings. The summed E-state index contributed by atoms with van der Waals surface area (Å²) in [6.45, 7) is 3.89. The van der Waals surface area contributed by atoms with Crippen LogP contribution in [-0.4, -0.2) is 32.2 Å². The van der Waals surface area contributed by atoms with Crippen molar-refractivity contribution in [1.82, 2.24) is 0 Å². The van der Waals surface area contributed by atoms with Crippen molar-refractivity contribution in [2.75, 3.05) is 27.7 Å². The maximum absolute atomic E-state index is 2.48. The molecule has 1 nitrogen and oxygen atoms in total. The van der Waals surface area contributed by atoms with Crippen molar-refractivity contribution in [3.8, 4) is 0 Å². The van der Waals surface area contributed by atoms with Crippen LogP contribution in [0.25, 0.3) is 0 Å². The average Bonchev–Trinajstić information content (AvgIpc) is 2.70. The van der Waals surface area contributed by atoms with Crippen LogP contribution in [0.2, 0.25) is 0 Å². The van der Waals surface area contributed by atoms with Gasteiger partial charge >= 0.3 is 0 Å². The molecule has 2 fully saturated rings. The third-order valence-corrected chi connectivity index (χ3v) is 6.02. The fourth-order valence-corrected chi connectivity index (χ4v) is 5.14. The Morgan fingerprint density at radius 1 is 0.800 bits per heavy atom. The van der Waals surface area contributed by atoms with Crippen LogP contribution >= 0.6 is 0 Å². The largest absolute Gasteiger partial charge is 0.330 e. The highest BCUT2D eigenvalue weighted by Crippen LogP contribution is 2.48. The lowest BCUT2D eigenvalue weighted by molar-refractivity contribution is -0.878. The Bertz CT molecular complexity index is 283. The summed E-state index contributed by atoms with van der Waals surface area (Å²) in [5, 5.41) is 0. The molecule has 0 radical (unpaired) electrons. The number of rotatable bonds is 3. The Balaban J connectivity index is 2.17. The lowest BCUT2D eigenvalue weighted by Crippen LogP contribution is -2.48. The molecule has 0 aromatic heterocycles. The molecule has 0 heterocycles. The summed E-state index contributed by atoms with van der Waals surface area (Å²) in [4.78, 5) is 0. The second-order valence-corrected chi connectivity index (χ2v) is 9.04. The van der Waals surface area contributed by atoms with Gasteiger partial charge in [0, 0.05) is 5.41 Å². The summed E-state index contributed by atoms with van der Waals surface area (Å²) in [6.07, 6.45) is 16.5. The maximum Gasteiger partial charge on any atom is 0.0840 e. The molecule has 2 aliphatic rings. The van der Waals surface area contributed by atoms with Gasteiger partial charge in [-0.1, -0.05) is 45.4 Å². The Hall–Kier alpha value is -0.0400. The first-order valence-electron chi connectivity index (χ1n) is 9.22. The van der Waals surface area contributed by atoms with Crippen LogP contribution in [0.4, 0.5) is 0 Å². The van der Waals surface area contributed by atoms with Crippen molar-refractivity contribution < 1.29 is 4.48 Å². The van der Waals surface area contributed by atoms with Gasteiger partial charge in [-0.2, -0.15) is 0 Å². The normalized spacial score (nSPS) is 34.5. The molecule has 0 aromatic carbocycles. The van der Waals surface area contributed by atoms with Crippen LogP contribution in [-0.2, 0) is 0 Å². The molecule has 0 N–H and O–H groups in total. The molecule has 0 spiro atoms. The third-order valence-electron chi connectivity index (χ3n) is 6.02. The molecular formula is C19H38N+. The summed E-state index contributed by atoms with van der Waals surface area (Å²) < 4.78 is 1.16. The van der Waals surface area contributed by atoms with Gasteiger partial charge in [0.25, 0.3) is 0 Å². The van der Waals surface area contributed by atoms with Crippen LogP contribution in [0.1, 0.15) is 77.6 Å². The molecule has 0 saturated heterocycles. The van der Waals surface area contributed by atoms with Crippen molar-refractivity contribution in [3.05, 3.63) is 0 Å². The van der Waals surface area contributed by atoms with Crippen molar-refractivity contribution in [3.63, 3.8) is 0 Å². The summed E-state index contributed by atoms with van der Waals surface area (Å²) in [5.74, 6) is 1.99. The van der Waals surface area contributed by atoms with E-state index in [9.17, 15) is 0 Å². The zero-order valence-electron chi connectivity index (χ0n) is 14.6. The minimum absolute atomic E-state index is 0.660. The van der Waals surface area contributed by atoms with E-state index in [4.69, 9.17) is 0 Å². The molecule has 2 rings (SSSR count). The second-order valence-electron chi connectivity index (χ2n) is 9.04. The molecule has 2 unspecified atom stereocenters. The molecule has 20 heavy (non-hydrogen) atoms. The average molecular weight is 281 g/mol. The lowest BCUT2D eigenvalue weighted by Gasteiger charge is -2.44. The molecular weight excluding hydrogens is 242 g/mol. The third kappa shape index (κ3) is 4.48. The minimum atomic E-state index is 0.660. The van der Waals surface area contributed by atoms with E-state index in [-0.39, 0.29) is 0 Å². The van der Waals surface area contributed by atoms with Crippen molar-refractivity contribution in [2.45, 2.75) is 77.6 Å². The number of nitrogens with zero attached hydrogens (tertiary/aromatic N) is 1. The van der Waals surface area contributed by atoms with E-state index >= 15 is 0 Å². The van der Waals surface area contributed by atoms with E-state index < -0.39 is 0 Å². The van der Waals surface area contributed by atoms with E-state index in [1.807, 2.05) is 0 Å². The predicted molar refractivity (Wildman–Crippen MR) is 88.8 cm³/mol. The topological polar surface area (TPSA) is 0 Å². The Morgan fingerprint density at radius 2 is 1.45 bits per heavy atom. The highest BCUT2D eigenvalue weighted by Gasteiger charge is 2.43. The van der Waals surface area contributed by atoms with Crippen molar-refractivity contribution in [2.24, 2.45) is 17.3 Å². The summed E-state index contributed by atoms with van der Waals surface area (Å²) >= 11 is 0. The first-order valence-corrected chi connectivity index (χ1v) is 9.22. The van der Waals surface area contributed by atoms with Gasteiger partial charge < -0.3 is 4.48 Å². The molecule has 1 heteroatoms. The molecule has 2 atom stereocenters. The number of quaternary nitrogens is 1. The van der Waals surface area contributed by atoms with Crippen molar-refractivity contribution >= 4 is 0 Å². The summed E-state index contributed by atoms with van der Waals surface area (Å²) in [5.41, 5.74) is 0.660. The van der Waals surface area contributed by atoms with Gasteiger partial charge in [-0.05, 0) is 43.9 Å². The van der Waals surface area contributed by atoms with Crippen LogP contribution in [0.15, 0.2) is 0 Å². The van der Waals surface area contributed by atoms with Crippen LogP contribution in [0.5, 0.6) is 0 Å². The van der Waals surface area contributed by atoms with E-state index in [0.29, 0.717) is 5.41 Å². The monoisotopic (exact) mass is 280 g/mol. The Kier molecular flexibility index (Phi) is 5.56. The Morgan fingerprint density at radius 3 is 2.05 bits per heavy atom. The number of hydrogen-bond acceptors (Lipinski definition) is 0. The SMILES string of the molecule is CC1CCCC(C[N+](C)(C)C)(C2CCCCCC2)CC1. The van der Waals surface area contributed by atoms with Crippen molar-refractivity contribution in [1.29, 1.82) is 0 Å². The Labute approximate surface area is 127 Å². The van der Waals surface area contributed by atoms with Gasteiger partial charge in [0.2, 0.25) is 0 Å². The molecule has 2 saturated carbocycles. The first-order chi connectivity index (χ1) is 9.41.